The van der Waals surface area contributed by atoms with Crippen molar-refractivity contribution in [3.63, 3.8) is 0 Å². The van der Waals surface area contributed by atoms with Crippen molar-refractivity contribution < 1.29 is 13.2 Å². The number of hydrogen-bond donors (Lipinski definition) is 0. The van der Waals surface area contributed by atoms with Crippen molar-refractivity contribution in [1.29, 1.82) is 0 Å². The first-order valence-corrected chi connectivity index (χ1v) is 9.24. The van der Waals surface area contributed by atoms with Crippen molar-refractivity contribution in [2.75, 3.05) is 0 Å². The molecule has 1 atom stereocenters. The van der Waals surface area contributed by atoms with Gasteiger partial charge in [-0.15, -0.1) is 0 Å². The summed E-state index contributed by atoms with van der Waals surface area (Å²) in [4.78, 5) is 4.41. The van der Waals surface area contributed by atoms with Gasteiger partial charge in [-0.25, -0.2) is 9.36 Å². The summed E-state index contributed by atoms with van der Waals surface area (Å²) in [7, 11) is 1.58. The van der Waals surface area contributed by atoms with Gasteiger partial charge >= 0.3 is 6.55 Å². The van der Waals surface area contributed by atoms with Gasteiger partial charge in [0.2, 0.25) is 0 Å². The van der Waals surface area contributed by atoms with E-state index in [4.69, 9.17) is 0 Å². The minimum Gasteiger partial charge on any atom is -0.263 e. The summed E-state index contributed by atoms with van der Waals surface area (Å²) in [5, 5.41) is 15.1. The van der Waals surface area contributed by atoms with Crippen LogP contribution in [0.5, 0.6) is 0 Å². The molecular formula is C17H14BrF3N8. The van der Waals surface area contributed by atoms with Crippen molar-refractivity contribution in [3.05, 3.63) is 64.8 Å². The molecule has 0 fully saturated rings. The van der Waals surface area contributed by atoms with E-state index in [2.05, 4.69) is 41.4 Å². The highest BCUT2D eigenvalue weighted by atomic mass is 79.9. The van der Waals surface area contributed by atoms with Crippen LogP contribution >= 0.6 is 15.9 Å². The van der Waals surface area contributed by atoms with E-state index in [1.807, 2.05) is 6.07 Å². The number of halogens is 4. The van der Waals surface area contributed by atoms with Gasteiger partial charge in [-0.1, -0.05) is 10.3 Å². The summed E-state index contributed by atoms with van der Waals surface area (Å²) in [6.45, 7) is -2.72. The Morgan fingerprint density at radius 1 is 1.07 bits per heavy atom. The Morgan fingerprint density at radius 2 is 1.86 bits per heavy atom. The van der Waals surface area contributed by atoms with Gasteiger partial charge in [-0.05, 0) is 33.6 Å². The predicted octanol–water partition coefficient (Wildman–Crippen LogP) is 3.40. The highest BCUT2D eigenvalue weighted by Gasteiger charge is 2.21. The van der Waals surface area contributed by atoms with Crippen LogP contribution in [0.25, 0.3) is 11.3 Å². The average Bonchev–Trinajstić information content (AvgIpc) is 3.41. The summed E-state index contributed by atoms with van der Waals surface area (Å²) in [6, 6.07) is 3.21. The lowest BCUT2D eigenvalue weighted by Crippen LogP contribution is -2.15. The van der Waals surface area contributed by atoms with E-state index in [-0.39, 0.29) is 5.69 Å². The number of pyridine rings is 1. The molecule has 12 heteroatoms. The first-order chi connectivity index (χ1) is 13.9. The van der Waals surface area contributed by atoms with Gasteiger partial charge in [0, 0.05) is 42.1 Å². The molecule has 0 aliphatic carbocycles. The number of rotatable bonds is 6. The van der Waals surface area contributed by atoms with Crippen LogP contribution in [-0.4, -0.2) is 39.5 Å². The third kappa shape index (κ3) is 3.92. The molecule has 8 nitrogen and oxygen atoms in total. The molecule has 0 aliphatic heterocycles. The molecule has 29 heavy (non-hydrogen) atoms. The third-order valence-electron chi connectivity index (χ3n) is 4.36. The fourth-order valence-electron chi connectivity index (χ4n) is 3.00. The highest BCUT2D eigenvalue weighted by Crippen LogP contribution is 2.26. The maximum atomic E-state index is 14.0. The Balaban J connectivity index is 1.71. The molecule has 4 rings (SSSR count). The molecule has 0 spiro atoms. The normalized spacial score (nSPS) is 12.6. The Kier molecular flexibility index (Phi) is 5.18. The van der Waals surface area contributed by atoms with Gasteiger partial charge < -0.3 is 0 Å². The molecule has 0 bridgehead atoms. The van der Waals surface area contributed by atoms with E-state index >= 15 is 0 Å². The predicted molar refractivity (Wildman–Crippen MR) is 99.4 cm³/mol. The van der Waals surface area contributed by atoms with Crippen molar-refractivity contribution in [3.8, 4) is 11.3 Å². The average molecular weight is 467 g/mol. The van der Waals surface area contributed by atoms with Crippen LogP contribution in [0.4, 0.5) is 13.2 Å². The van der Waals surface area contributed by atoms with Crippen molar-refractivity contribution >= 4 is 15.9 Å². The SMILES string of the molecule is Cn1nnc(F)c1-c1cnn(C(Cc2cnn(C(F)F)c2)c2ccc(Br)cn2)c1. The molecular weight excluding hydrogens is 453 g/mol. The second kappa shape index (κ2) is 7.78. The first-order valence-electron chi connectivity index (χ1n) is 8.44. The second-order valence-electron chi connectivity index (χ2n) is 6.29. The van der Waals surface area contributed by atoms with Gasteiger partial charge in [0.05, 0.1) is 24.1 Å². The zero-order valence-corrected chi connectivity index (χ0v) is 16.6. The number of hydrogen-bond acceptors (Lipinski definition) is 5. The molecule has 0 saturated carbocycles. The molecule has 0 aliphatic rings. The zero-order valence-electron chi connectivity index (χ0n) is 15.0. The molecule has 0 saturated heterocycles. The lowest BCUT2D eigenvalue weighted by molar-refractivity contribution is 0.0565. The first kappa shape index (κ1) is 19.3. The molecule has 0 aromatic carbocycles. The fourth-order valence-corrected chi connectivity index (χ4v) is 3.23. The summed E-state index contributed by atoms with van der Waals surface area (Å²) >= 11 is 3.34. The minimum atomic E-state index is -2.72. The zero-order chi connectivity index (χ0) is 20.5. The lowest BCUT2D eigenvalue weighted by atomic mass is 10.1. The number of aryl methyl sites for hydroxylation is 1. The van der Waals surface area contributed by atoms with Gasteiger partial charge in [0.1, 0.15) is 5.69 Å². The number of nitrogens with zero attached hydrogens (tertiary/aromatic N) is 8. The Hall–Kier alpha value is -3.02. The monoisotopic (exact) mass is 466 g/mol. The van der Waals surface area contributed by atoms with Crippen LogP contribution in [0, 0.1) is 5.95 Å². The molecule has 0 N–H and O–H groups in total. The van der Waals surface area contributed by atoms with Crippen LogP contribution in [0.2, 0.25) is 0 Å². The topological polar surface area (TPSA) is 79.2 Å². The second-order valence-corrected chi connectivity index (χ2v) is 7.20. The largest absolute Gasteiger partial charge is 0.333 e. The van der Waals surface area contributed by atoms with E-state index in [1.54, 1.807) is 30.2 Å². The van der Waals surface area contributed by atoms with E-state index in [1.165, 1.54) is 23.3 Å². The summed E-state index contributed by atoms with van der Waals surface area (Å²) in [6.07, 6.45) is 7.76. The molecule has 0 radical (unpaired) electrons. The Labute approximate surface area is 171 Å². The highest BCUT2D eigenvalue weighted by molar-refractivity contribution is 9.10. The van der Waals surface area contributed by atoms with Crippen LogP contribution in [-0.2, 0) is 13.5 Å². The molecule has 4 aromatic heterocycles. The van der Waals surface area contributed by atoms with Gasteiger partial charge in [-0.3, -0.25) is 9.67 Å². The third-order valence-corrected chi connectivity index (χ3v) is 4.82. The standard InChI is InChI=1S/C17H14BrF3N8/c1-27-15(16(19)25-26-27)11-6-24-28(9-11)14(13-3-2-12(18)7-22-13)4-10-5-23-29(8-10)17(20)21/h2-3,5-9,14,17H,4H2,1H3. The molecule has 0 amide bonds. The van der Waals surface area contributed by atoms with E-state index < -0.39 is 18.5 Å². The van der Waals surface area contributed by atoms with Crippen LogP contribution in [0.3, 0.4) is 0 Å². The smallest absolute Gasteiger partial charge is 0.263 e. The molecule has 1 unspecified atom stereocenters. The van der Waals surface area contributed by atoms with Gasteiger partial charge in [0.25, 0.3) is 5.95 Å². The number of aromatic nitrogens is 8. The minimum absolute atomic E-state index is 0.198. The quantitative estimate of drug-likeness (QED) is 0.435. The number of alkyl halides is 2. The Morgan fingerprint density at radius 3 is 2.48 bits per heavy atom. The summed E-state index contributed by atoms with van der Waals surface area (Å²) in [5.41, 5.74) is 1.94. The maximum absolute atomic E-state index is 14.0. The molecule has 4 heterocycles. The Bertz CT molecular complexity index is 1100. The van der Waals surface area contributed by atoms with Crippen molar-refractivity contribution in [2.24, 2.45) is 7.05 Å². The fraction of sp³-hybridized carbons (Fsp3) is 0.235. The van der Waals surface area contributed by atoms with E-state index in [0.29, 0.717) is 27.9 Å². The van der Waals surface area contributed by atoms with E-state index in [9.17, 15) is 13.2 Å². The van der Waals surface area contributed by atoms with Crippen molar-refractivity contribution in [2.45, 2.75) is 19.0 Å². The lowest BCUT2D eigenvalue weighted by Gasteiger charge is -2.16. The van der Waals surface area contributed by atoms with Crippen molar-refractivity contribution in [1.82, 2.24) is 39.5 Å². The van der Waals surface area contributed by atoms with Crippen LogP contribution < -0.4 is 0 Å². The summed E-state index contributed by atoms with van der Waals surface area (Å²) in [5.74, 6) is -0.705. The van der Waals surface area contributed by atoms with Gasteiger partial charge in [0.15, 0.2) is 0 Å². The maximum Gasteiger partial charge on any atom is 0.333 e. The molecule has 4 aromatic rings. The molecule has 150 valence electrons. The summed E-state index contributed by atoms with van der Waals surface area (Å²) < 4.78 is 44.0. The van der Waals surface area contributed by atoms with Crippen LogP contribution in [0.15, 0.2) is 47.6 Å². The van der Waals surface area contributed by atoms with E-state index in [0.717, 1.165) is 4.47 Å². The van der Waals surface area contributed by atoms with Crippen LogP contribution in [0.1, 0.15) is 23.8 Å². The van der Waals surface area contributed by atoms with Gasteiger partial charge in [-0.2, -0.15) is 23.4 Å².